The van der Waals surface area contributed by atoms with E-state index >= 15 is 0 Å². The Morgan fingerprint density at radius 2 is 1.86 bits per heavy atom. The molecule has 1 aromatic carbocycles. The van der Waals surface area contributed by atoms with Crippen molar-refractivity contribution < 1.29 is 0 Å². The van der Waals surface area contributed by atoms with Crippen molar-refractivity contribution in [1.82, 2.24) is 9.88 Å². The van der Waals surface area contributed by atoms with Crippen molar-refractivity contribution in [3.05, 3.63) is 45.7 Å². The van der Waals surface area contributed by atoms with Crippen LogP contribution in [0.2, 0.25) is 0 Å². The summed E-state index contributed by atoms with van der Waals surface area (Å²) in [6.07, 6.45) is 5.44. The van der Waals surface area contributed by atoms with Crippen LogP contribution in [0.1, 0.15) is 44.2 Å². The first-order valence-corrected chi connectivity index (χ1v) is 8.61. The summed E-state index contributed by atoms with van der Waals surface area (Å²) in [5, 5.41) is 1.23. The molecular formula is C19H26N2O. The largest absolute Gasteiger partial charge is 0.322 e. The number of nitrogens with zero attached hydrogens (tertiary/aromatic N) is 1. The summed E-state index contributed by atoms with van der Waals surface area (Å²) in [7, 11) is 0. The van der Waals surface area contributed by atoms with E-state index in [1.54, 1.807) is 0 Å². The lowest BCUT2D eigenvalue weighted by atomic mass is 9.86. The molecule has 1 aromatic heterocycles. The monoisotopic (exact) mass is 298 g/mol. The Morgan fingerprint density at radius 1 is 1.14 bits per heavy atom. The molecule has 1 N–H and O–H groups in total. The van der Waals surface area contributed by atoms with Crippen LogP contribution in [0, 0.1) is 0 Å². The normalized spacial score (nSPS) is 17.9. The van der Waals surface area contributed by atoms with Crippen molar-refractivity contribution >= 4 is 10.9 Å². The molecule has 1 aliphatic carbocycles. The molecule has 0 aliphatic heterocycles. The highest BCUT2D eigenvalue weighted by Gasteiger charge is 2.26. The second-order valence-corrected chi connectivity index (χ2v) is 6.39. The number of pyridine rings is 1. The van der Waals surface area contributed by atoms with Crippen LogP contribution in [0.25, 0.3) is 10.9 Å². The number of hydrogen-bond acceptors (Lipinski definition) is 2. The summed E-state index contributed by atoms with van der Waals surface area (Å²) in [4.78, 5) is 18.1. The third-order valence-corrected chi connectivity index (χ3v) is 4.84. The van der Waals surface area contributed by atoms with Crippen LogP contribution in [0.4, 0.5) is 0 Å². The Morgan fingerprint density at radius 3 is 2.59 bits per heavy atom. The van der Waals surface area contributed by atoms with Crippen LogP contribution < -0.4 is 5.56 Å². The topological polar surface area (TPSA) is 36.1 Å². The molecule has 3 rings (SSSR count). The zero-order valence-corrected chi connectivity index (χ0v) is 13.7. The first-order chi connectivity index (χ1) is 10.7. The van der Waals surface area contributed by atoms with Crippen molar-refractivity contribution in [2.24, 2.45) is 0 Å². The minimum absolute atomic E-state index is 0.117. The van der Waals surface area contributed by atoms with Crippen LogP contribution in [0.15, 0.2) is 29.1 Å². The second-order valence-electron chi connectivity index (χ2n) is 6.39. The fourth-order valence-corrected chi connectivity index (χ4v) is 3.87. The fourth-order valence-electron chi connectivity index (χ4n) is 3.87. The van der Waals surface area contributed by atoms with Gasteiger partial charge in [-0.3, -0.25) is 4.79 Å². The summed E-state index contributed by atoms with van der Waals surface area (Å²) >= 11 is 0. The number of H-pyrrole nitrogens is 1. The minimum Gasteiger partial charge on any atom is -0.322 e. The molecule has 22 heavy (non-hydrogen) atoms. The highest BCUT2D eigenvalue weighted by atomic mass is 16.1. The number of benzene rings is 1. The zero-order valence-electron chi connectivity index (χ0n) is 13.7. The van der Waals surface area contributed by atoms with E-state index in [4.69, 9.17) is 0 Å². The Hall–Kier alpha value is -1.61. The number of aromatic nitrogens is 1. The van der Waals surface area contributed by atoms with Gasteiger partial charge in [-0.1, -0.05) is 32.0 Å². The molecule has 1 unspecified atom stereocenters. The van der Waals surface area contributed by atoms with Crippen molar-refractivity contribution in [3.63, 3.8) is 0 Å². The van der Waals surface area contributed by atoms with E-state index < -0.39 is 0 Å². The van der Waals surface area contributed by atoms with Crippen LogP contribution in [0.5, 0.6) is 0 Å². The van der Waals surface area contributed by atoms with E-state index in [9.17, 15) is 4.79 Å². The van der Waals surface area contributed by atoms with Gasteiger partial charge in [-0.2, -0.15) is 0 Å². The molecule has 0 spiro atoms. The van der Waals surface area contributed by atoms with E-state index in [0.29, 0.717) is 6.04 Å². The molecule has 3 heteroatoms. The third-order valence-electron chi connectivity index (χ3n) is 4.84. The van der Waals surface area contributed by atoms with Gasteiger partial charge in [-0.25, -0.2) is 0 Å². The first kappa shape index (κ1) is 15.3. The lowest BCUT2D eigenvalue weighted by Crippen LogP contribution is -2.42. The maximum Gasteiger partial charge on any atom is 0.251 e. The molecule has 2 aromatic rings. The molecule has 0 fully saturated rings. The molecule has 3 nitrogen and oxygen atoms in total. The van der Waals surface area contributed by atoms with E-state index in [2.05, 4.69) is 35.9 Å². The average Bonchev–Trinajstić information content (AvgIpc) is 2.54. The van der Waals surface area contributed by atoms with Gasteiger partial charge in [0.05, 0.1) is 0 Å². The maximum absolute atomic E-state index is 12.5. The molecule has 1 heterocycles. The molecule has 118 valence electrons. The van der Waals surface area contributed by atoms with Gasteiger partial charge in [0.25, 0.3) is 5.56 Å². The summed E-state index contributed by atoms with van der Waals surface area (Å²) in [6.45, 7) is 6.75. The Labute approximate surface area is 132 Å². The van der Waals surface area contributed by atoms with Gasteiger partial charge in [-0.15, -0.1) is 0 Å². The van der Waals surface area contributed by atoms with Crippen LogP contribution in [-0.4, -0.2) is 29.0 Å². The highest BCUT2D eigenvalue weighted by molar-refractivity contribution is 5.83. The SMILES string of the molecule is CCCN(CCC)C1CCc2c(c(=O)[nH]c3ccccc23)C1. The van der Waals surface area contributed by atoms with Gasteiger partial charge in [0.15, 0.2) is 0 Å². The van der Waals surface area contributed by atoms with E-state index in [-0.39, 0.29) is 5.56 Å². The van der Waals surface area contributed by atoms with Gasteiger partial charge in [0, 0.05) is 22.5 Å². The van der Waals surface area contributed by atoms with Gasteiger partial charge in [-0.05, 0) is 56.8 Å². The molecule has 0 saturated heterocycles. The molecule has 1 atom stereocenters. The Bertz CT molecular complexity index is 698. The van der Waals surface area contributed by atoms with E-state index in [0.717, 1.165) is 37.0 Å². The van der Waals surface area contributed by atoms with Crippen molar-refractivity contribution in [2.75, 3.05) is 13.1 Å². The van der Waals surface area contributed by atoms with Crippen molar-refractivity contribution in [1.29, 1.82) is 0 Å². The third kappa shape index (κ3) is 2.82. The molecule has 0 amide bonds. The second kappa shape index (κ2) is 6.66. The number of rotatable bonds is 5. The van der Waals surface area contributed by atoms with Gasteiger partial charge < -0.3 is 9.88 Å². The van der Waals surface area contributed by atoms with E-state index in [1.807, 2.05) is 12.1 Å². The van der Waals surface area contributed by atoms with Gasteiger partial charge in [0.2, 0.25) is 0 Å². The van der Waals surface area contributed by atoms with Crippen LogP contribution in [-0.2, 0) is 12.8 Å². The molecule has 0 saturated carbocycles. The lowest BCUT2D eigenvalue weighted by Gasteiger charge is -2.35. The average molecular weight is 298 g/mol. The van der Waals surface area contributed by atoms with Crippen molar-refractivity contribution in [3.8, 4) is 0 Å². The molecule has 0 radical (unpaired) electrons. The quantitative estimate of drug-likeness (QED) is 0.917. The summed E-state index contributed by atoms with van der Waals surface area (Å²) < 4.78 is 0. The predicted octanol–water partition coefficient (Wildman–Crippen LogP) is 3.51. The number of aromatic amines is 1. The number of aryl methyl sites for hydroxylation is 1. The van der Waals surface area contributed by atoms with Crippen LogP contribution >= 0.6 is 0 Å². The first-order valence-electron chi connectivity index (χ1n) is 8.61. The number of fused-ring (bicyclic) bond motifs is 3. The Kier molecular flexibility index (Phi) is 4.63. The Balaban J connectivity index is 1.96. The lowest BCUT2D eigenvalue weighted by molar-refractivity contribution is 0.180. The maximum atomic E-state index is 12.5. The van der Waals surface area contributed by atoms with E-state index in [1.165, 1.54) is 30.2 Å². The molecule has 0 bridgehead atoms. The summed E-state index contributed by atoms with van der Waals surface area (Å²) in [5.41, 5.74) is 3.39. The highest BCUT2D eigenvalue weighted by Crippen LogP contribution is 2.27. The van der Waals surface area contributed by atoms with Gasteiger partial charge in [0.1, 0.15) is 0 Å². The van der Waals surface area contributed by atoms with Crippen LogP contribution in [0.3, 0.4) is 0 Å². The summed E-state index contributed by atoms with van der Waals surface area (Å²) in [5.74, 6) is 0. The fraction of sp³-hybridized carbons (Fsp3) is 0.526. The number of hydrogen-bond donors (Lipinski definition) is 1. The number of para-hydroxylation sites is 1. The minimum atomic E-state index is 0.117. The zero-order chi connectivity index (χ0) is 15.5. The standard InChI is InChI=1S/C19H26N2O/c1-3-11-21(12-4-2)14-9-10-15-16-7-5-6-8-18(16)20-19(22)17(15)13-14/h5-8,14H,3-4,9-13H2,1-2H3,(H,20,22). The van der Waals surface area contributed by atoms with Crippen molar-refractivity contribution in [2.45, 2.75) is 52.0 Å². The van der Waals surface area contributed by atoms with Gasteiger partial charge >= 0.3 is 0 Å². The molecule has 1 aliphatic rings. The summed E-state index contributed by atoms with van der Waals surface area (Å²) in [6, 6.07) is 8.72. The smallest absolute Gasteiger partial charge is 0.251 e. The molecular weight excluding hydrogens is 272 g/mol. The predicted molar refractivity (Wildman–Crippen MR) is 92.5 cm³/mol. The number of nitrogens with one attached hydrogen (secondary N) is 1.